The van der Waals surface area contributed by atoms with E-state index in [-0.39, 0.29) is 17.1 Å². The summed E-state index contributed by atoms with van der Waals surface area (Å²) in [6.07, 6.45) is 0. The van der Waals surface area contributed by atoms with Gasteiger partial charge in [-0.05, 0) is 6.92 Å². The molecule has 1 radical (unpaired) electrons. The van der Waals surface area contributed by atoms with E-state index >= 15 is 0 Å². The van der Waals surface area contributed by atoms with Gasteiger partial charge in [-0.1, -0.05) is 0 Å². The summed E-state index contributed by atoms with van der Waals surface area (Å²) >= 11 is 2.26. The van der Waals surface area contributed by atoms with Crippen molar-refractivity contribution in [2.45, 2.75) is 6.92 Å². The molecule has 0 aromatic heterocycles. The third-order valence-corrected chi connectivity index (χ3v) is 0.287. The van der Waals surface area contributed by atoms with Gasteiger partial charge in [-0.15, -0.1) is 0 Å². The van der Waals surface area contributed by atoms with Crippen LogP contribution in [0.1, 0.15) is 6.92 Å². The molecule has 0 saturated carbocycles. The average molecular weight is 195 g/mol. The maximum atomic E-state index is 9.69. The van der Waals surface area contributed by atoms with Crippen molar-refractivity contribution in [2.24, 2.45) is 11.5 Å². The van der Waals surface area contributed by atoms with Gasteiger partial charge in [0.2, 0.25) is 0 Å². The number of hydrogen-bond acceptors (Lipinski definition) is 3. The van der Waals surface area contributed by atoms with Crippen molar-refractivity contribution < 1.29 is 4.79 Å². The van der Waals surface area contributed by atoms with Crippen LogP contribution in [0.5, 0.6) is 0 Å². The first-order chi connectivity index (χ1) is 4.00. The minimum atomic E-state index is 0.0324. The number of carbonyl (C=O) groups excluding carboxylic acids is 1. The number of hydrogen-bond donors (Lipinski definition) is 3. The molecule has 0 unspecified atom stereocenters. The molecule has 0 aromatic rings. The molecular formula is C4H10N3OSe. The van der Waals surface area contributed by atoms with Crippen molar-refractivity contribution in [2.75, 3.05) is 6.54 Å². The Morgan fingerprint density at radius 2 is 1.89 bits per heavy atom. The third kappa shape index (κ3) is 91.7. The van der Waals surface area contributed by atoms with Gasteiger partial charge in [0.25, 0.3) is 0 Å². The summed E-state index contributed by atoms with van der Waals surface area (Å²) < 4.78 is 0.0417. The Bertz CT molecular complexity index is 100.0. The predicted molar refractivity (Wildman–Crippen MR) is 37.4 cm³/mol. The van der Waals surface area contributed by atoms with Crippen molar-refractivity contribution in [1.82, 2.24) is 0 Å². The summed E-state index contributed by atoms with van der Waals surface area (Å²) in [5, 5.41) is 6.22. The number of amidine groups is 1. The fourth-order valence-electron chi connectivity index (χ4n) is 0. The Labute approximate surface area is 62.3 Å². The van der Waals surface area contributed by atoms with Gasteiger partial charge >= 0.3 is 31.9 Å². The van der Waals surface area contributed by atoms with E-state index in [1.807, 2.05) is 0 Å². The molecule has 5 heteroatoms. The zero-order valence-corrected chi connectivity index (χ0v) is 6.89. The normalized spacial score (nSPS) is 6.89. The van der Waals surface area contributed by atoms with Crippen LogP contribution in [0.4, 0.5) is 0 Å². The summed E-state index contributed by atoms with van der Waals surface area (Å²) in [6.45, 7) is 1.62. The second-order valence-electron chi connectivity index (χ2n) is 1.27. The van der Waals surface area contributed by atoms with Crippen LogP contribution < -0.4 is 11.5 Å². The monoisotopic (exact) mass is 196 g/mol. The number of nitrogens with one attached hydrogen (secondary N) is 1. The number of nitrogens with two attached hydrogens (primary N) is 2. The van der Waals surface area contributed by atoms with E-state index in [9.17, 15) is 4.79 Å². The third-order valence-electron chi connectivity index (χ3n) is 0.287. The summed E-state index contributed by atoms with van der Waals surface area (Å²) in [5.41, 5.74) is 9.46. The van der Waals surface area contributed by atoms with Crippen molar-refractivity contribution in [1.29, 1.82) is 5.41 Å². The van der Waals surface area contributed by atoms with E-state index in [0.717, 1.165) is 0 Å². The van der Waals surface area contributed by atoms with Gasteiger partial charge in [0, 0.05) is 0 Å². The average Bonchev–Trinajstić information content (AvgIpc) is 1.65. The van der Waals surface area contributed by atoms with Crippen LogP contribution in [0.15, 0.2) is 0 Å². The molecule has 0 fully saturated rings. The molecule has 9 heavy (non-hydrogen) atoms. The van der Waals surface area contributed by atoms with E-state index in [1.165, 1.54) is 6.92 Å². The van der Waals surface area contributed by atoms with Gasteiger partial charge in [-0.25, -0.2) is 0 Å². The van der Waals surface area contributed by atoms with Gasteiger partial charge in [-0.2, -0.15) is 0 Å². The van der Waals surface area contributed by atoms with Gasteiger partial charge in [0.1, 0.15) is 5.78 Å². The molecule has 4 nitrogen and oxygen atoms in total. The maximum absolute atomic E-state index is 9.69. The first kappa shape index (κ1) is 11.4. The Kier molecular flexibility index (Phi) is 9.67. The summed E-state index contributed by atoms with van der Waals surface area (Å²) in [4.78, 5) is 9.69. The van der Waals surface area contributed by atoms with E-state index in [2.05, 4.69) is 21.7 Å². The van der Waals surface area contributed by atoms with Crippen LogP contribution >= 0.6 is 0 Å². The molecule has 0 amide bonds. The fourth-order valence-corrected chi connectivity index (χ4v) is 0. The van der Waals surface area contributed by atoms with Crippen molar-refractivity contribution in [3.05, 3.63) is 0 Å². The first-order valence-electron chi connectivity index (χ1n) is 2.21. The molecule has 0 aromatic carbocycles. The molecule has 53 valence electrons. The molecule has 0 spiro atoms. The van der Waals surface area contributed by atoms with Crippen LogP contribution in [0.25, 0.3) is 0 Å². The molecule has 0 aliphatic carbocycles. The van der Waals surface area contributed by atoms with Gasteiger partial charge in [0.15, 0.2) is 0 Å². The quantitative estimate of drug-likeness (QED) is 0.272. The Balaban J connectivity index is 0. The number of carbonyl (C=O) groups is 1. The van der Waals surface area contributed by atoms with E-state index in [4.69, 9.17) is 11.1 Å². The molecule has 0 aliphatic rings. The number of ketones is 1. The molecule has 0 atom stereocenters. The van der Waals surface area contributed by atoms with Crippen molar-refractivity contribution >= 4 is 26.5 Å². The van der Waals surface area contributed by atoms with Crippen molar-refractivity contribution in [3.8, 4) is 0 Å². The molecule has 0 rings (SSSR count). The first-order valence-corrected chi connectivity index (χ1v) is 3.07. The SMILES string of the molecule is CC(=O)CN.N=C(N)[Se]. The zero-order valence-electron chi connectivity index (χ0n) is 5.18. The number of Topliss-reactive ketones (excluding diaryl/α,β-unsaturated/α-hetero) is 1. The molecule has 5 N–H and O–H groups in total. The van der Waals surface area contributed by atoms with Gasteiger partial charge in [0.05, 0.1) is 6.54 Å². The van der Waals surface area contributed by atoms with Crippen LogP contribution in [0.2, 0.25) is 0 Å². The minimum absolute atomic E-state index is 0.0324. The Morgan fingerprint density at radius 1 is 1.78 bits per heavy atom. The van der Waals surface area contributed by atoms with Crippen LogP contribution in [0.3, 0.4) is 0 Å². The molecule has 0 bridgehead atoms. The summed E-state index contributed by atoms with van der Waals surface area (Å²) in [6, 6.07) is 0. The predicted octanol–water partition coefficient (Wildman–Crippen LogP) is -1.42. The molecular weight excluding hydrogens is 185 g/mol. The topological polar surface area (TPSA) is 93.0 Å². The van der Waals surface area contributed by atoms with Crippen LogP contribution in [0, 0.1) is 5.41 Å². The van der Waals surface area contributed by atoms with Crippen LogP contribution in [-0.4, -0.2) is 33.1 Å². The Morgan fingerprint density at radius 3 is 1.89 bits per heavy atom. The molecule has 0 heterocycles. The zero-order chi connectivity index (χ0) is 7.86. The van der Waals surface area contributed by atoms with Crippen molar-refractivity contribution in [3.63, 3.8) is 0 Å². The molecule has 0 aliphatic heterocycles. The van der Waals surface area contributed by atoms with E-state index < -0.39 is 0 Å². The van der Waals surface area contributed by atoms with Gasteiger partial charge in [-0.3, -0.25) is 4.79 Å². The second-order valence-corrected chi connectivity index (χ2v) is 2.19. The molecule has 0 saturated heterocycles. The standard InChI is InChI=1S/C3H7NO.CH3N2Se/c1-3(5)2-4;2-1(3)4/h2,4H2,1H3;(H3,2,3). The van der Waals surface area contributed by atoms with E-state index in [1.54, 1.807) is 0 Å². The summed E-state index contributed by atoms with van der Waals surface area (Å²) in [7, 11) is 0. The number of rotatable bonds is 1. The summed E-state index contributed by atoms with van der Waals surface area (Å²) in [5.74, 6) is 0.0324. The van der Waals surface area contributed by atoms with Gasteiger partial charge < -0.3 is 5.73 Å². The van der Waals surface area contributed by atoms with E-state index in [0.29, 0.717) is 0 Å². The Hall–Kier alpha value is -0.381. The van der Waals surface area contributed by atoms with Crippen LogP contribution in [-0.2, 0) is 4.79 Å². The second kappa shape index (κ2) is 7.62. The fraction of sp³-hybridized carbons (Fsp3) is 0.500.